The second-order valence-electron chi connectivity index (χ2n) is 8.00. The van der Waals surface area contributed by atoms with Crippen LogP contribution in [-0.2, 0) is 17.8 Å². The van der Waals surface area contributed by atoms with Crippen LogP contribution in [0.3, 0.4) is 0 Å². The fourth-order valence-electron chi connectivity index (χ4n) is 4.18. The van der Waals surface area contributed by atoms with Gasteiger partial charge in [0.05, 0.1) is 6.54 Å². The highest BCUT2D eigenvalue weighted by Crippen LogP contribution is 2.31. The van der Waals surface area contributed by atoms with Gasteiger partial charge in [0.1, 0.15) is 11.9 Å². The molecule has 0 spiro atoms. The second kappa shape index (κ2) is 8.61. The Balaban J connectivity index is 1.78. The van der Waals surface area contributed by atoms with Gasteiger partial charge in [0, 0.05) is 40.8 Å². The average molecular weight is 454 g/mol. The SMILES string of the molecule is Cc1c(Cc2ccc(=O)n(Cc3cccc(F)c3F)c2)c2cc(F)ccc2n1[C@@H](C)C(=O)O. The van der Waals surface area contributed by atoms with Crippen LogP contribution in [0.2, 0.25) is 0 Å². The number of pyridine rings is 1. The first-order valence-electron chi connectivity index (χ1n) is 10.3. The largest absolute Gasteiger partial charge is 0.480 e. The van der Waals surface area contributed by atoms with E-state index in [0.717, 1.165) is 11.6 Å². The monoisotopic (exact) mass is 454 g/mol. The minimum Gasteiger partial charge on any atom is -0.480 e. The van der Waals surface area contributed by atoms with Crippen LogP contribution >= 0.6 is 0 Å². The molecule has 170 valence electrons. The number of nitrogens with zero attached hydrogens (tertiary/aromatic N) is 2. The number of carbonyl (C=O) groups is 1. The summed E-state index contributed by atoms with van der Waals surface area (Å²) in [7, 11) is 0. The Labute approximate surface area is 187 Å². The van der Waals surface area contributed by atoms with Crippen molar-refractivity contribution in [3.05, 3.63) is 105 Å². The lowest BCUT2D eigenvalue weighted by Crippen LogP contribution is -2.20. The van der Waals surface area contributed by atoms with Crippen molar-refractivity contribution in [2.24, 2.45) is 0 Å². The summed E-state index contributed by atoms with van der Waals surface area (Å²) in [5, 5.41) is 10.1. The third-order valence-corrected chi connectivity index (χ3v) is 5.88. The van der Waals surface area contributed by atoms with E-state index in [1.54, 1.807) is 36.7 Å². The van der Waals surface area contributed by atoms with Crippen LogP contribution in [0.4, 0.5) is 13.2 Å². The van der Waals surface area contributed by atoms with E-state index in [9.17, 15) is 27.9 Å². The lowest BCUT2D eigenvalue weighted by molar-refractivity contribution is -0.140. The molecule has 5 nitrogen and oxygen atoms in total. The van der Waals surface area contributed by atoms with Crippen molar-refractivity contribution in [1.29, 1.82) is 0 Å². The van der Waals surface area contributed by atoms with Crippen molar-refractivity contribution >= 4 is 16.9 Å². The molecule has 8 heteroatoms. The molecule has 0 saturated carbocycles. The maximum atomic E-state index is 14.1. The van der Waals surface area contributed by atoms with E-state index in [1.165, 1.54) is 34.9 Å². The van der Waals surface area contributed by atoms with E-state index < -0.39 is 29.5 Å². The summed E-state index contributed by atoms with van der Waals surface area (Å²) in [5.74, 6) is -3.46. The highest BCUT2D eigenvalue weighted by molar-refractivity contribution is 5.88. The molecule has 2 aromatic carbocycles. The molecule has 0 amide bonds. The van der Waals surface area contributed by atoms with Gasteiger partial charge in [-0.05, 0) is 49.2 Å². The zero-order valence-corrected chi connectivity index (χ0v) is 18.0. The van der Waals surface area contributed by atoms with Gasteiger partial charge in [0.25, 0.3) is 5.56 Å². The molecule has 1 N–H and O–H groups in total. The van der Waals surface area contributed by atoms with Crippen LogP contribution in [0.25, 0.3) is 10.9 Å². The van der Waals surface area contributed by atoms with E-state index in [4.69, 9.17) is 0 Å². The first-order chi connectivity index (χ1) is 15.7. The summed E-state index contributed by atoms with van der Waals surface area (Å²) in [5.41, 5.74) is 2.32. The molecule has 0 fully saturated rings. The van der Waals surface area contributed by atoms with Crippen molar-refractivity contribution in [1.82, 2.24) is 9.13 Å². The Hall–Kier alpha value is -3.81. The smallest absolute Gasteiger partial charge is 0.326 e. The van der Waals surface area contributed by atoms with E-state index >= 15 is 0 Å². The second-order valence-corrected chi connectivity index (χ2v) is 8.00. The van der Waals surface area contributed by atoms with Gasteiger partial charge in [-0.25, -0.2) is 18.0 Å². The Morgan fingerprint density at radius 2 is 1.85 bits per heavy atom. The van der Waals surface area contributed by atoms with Gasteiger partial charge in [-0.3, -0.25) is 4.79 Å². The van der Waals surface area contributed by atoms with Gasteiger partial charge in [0.15, 0.2) is 11.6 Å². The van der Waals surface area contributed by atoms with Crippen LogP contribution in [0.1, 0.15) is 35.3 Å². The standard InChI is InChI=1S/C25H21F3N2O3/c1-14-19(20-11-18(26)7-8-22(20)30(14)15(2)25(32)33)10-16-6-9-23(31)29(12-16)13-17-4-3-5-21(27)24(17)28/h3-9,11-12,15H,10,13H2,1-2H3,(H,32,33)/t15-/m0/s1. The quantitative estimate of drug-likeness (QED) is 0.455. The van der Waals surface area contributed by atoms with E-state index in [-0.39, 0.29) is 24.1 Å². The number of carboxylic acids is 1. The van der Waals surface area contributed by atoms with Crippen LogP contribution in [0.15, 0.2) is 59.5 Å². The highest BCUT2D eigenvalue weighted by atomic mass is 19.2. The van der Waals surface area contributed by atoms with Crippen molar-refractivity contribution in [2.75, 3.05) is 0 Å². The number of hydrogen-bond donors (Lipinski definition) is 1. The maximum absolute atomic E-state index is 14.1. The molecule has 1 atom stereocenters. The molecule has 0 aliphatic carbocycles. The summed E-state index contributed by atoms with van der Waals surface area (Å²) >= 11 is 0. The zero-order valence-electron chi connectivity index (χ0n) is 18.0. The molecular formula is C25H21F3N2O3. The van der Waals surface area contributed by atoms with Crippen LogP contribution in [0, 0.1) is 24.4 Å². The molecule has 0 unspecified atom stereocenters. The number of carboxylic acid groups (broad SMARTS) is 1. The van der Waals surface area contributed by atoms with Gasteiger partial charge in [-0.1, -0.05) is 18.2 Å². The number of halogens is 3. The van der Waals surface area contributed by atoms with Crippen molar-refractivity contribution < 1.29 is 23.1 Å². The molecular weight excluding hydrogens is 433 g/mol. The summed E-state index contributed by atoms with van der Waals surface area (Å²) in [4.78, 5) is 24.0. The Bertz CT molecular complexity index is 1440. The molecule has 4 rings (SSSR count). The highest BCUT2D eigenvalue weighted by Gasteiger charge is 2.22. The van der Waals surface area contributed by atoms with E-state index in [2.05, 4.69) is 0 Å². The van der Waals surface area contributed by atoms with Gasteiger partial charge >= 0.3 is 5.97 Å². The summed E-state index contributed by atoms with van der Waals surface area (Å²) in [6, 6.07) is 10.1. The fraction of sp³-hybridized carbons (Fsp3) is 0.200. The van der Waals surface area contributed by atoms with Crippen LogP contribution in [0.5, 0.6) is 0 Å². The first-order valence-corrected chi connectivity index (χ1v) is 10.3. The number of benzene rings is 2. The number of fused-ring (bicyclic) bond motifs is 1. The molecule has 2 aromatic heterocycles. The predicted molar refractivity (Wildman–Crippen MR) is 118 cm³/mol. The third-order valence-electron chi connectivity index (χ3n) is 5.88. The molecule has 0 saturated heterocycles. The van der Waals surface area contributed by atoms with Gasteiger partial charge in [-0.15, -0.1) is 0 Å². The summed E-state index contributed by atoms with van der Waals surface area (Å²) < 4.78 is 44.6. The normalized spacial score (nSPS) is 12.3. The lowest BCUT2D eigenvalue weighted by atomic mass is 10.0. The van der Waals surface area contributed by atoms with Crippen LogP contribution < -0.4 is 5.56 Å². The van der Waals surface area contributed by atoms with Gasteiger partial charge < -0.3 is 14.2 Å². The topological polar surface area (TPSA) is 64.2 Å². The molecule has 0 aliphatic heterocycles. The number of aromatic nitrogens is 2. The third kappa shape index (κ3) is 4.16. The summed E-state index contributed by atoms with van der Waals surface area (Å²) in [6.45, 7) is 3.17. The zero-order chi connectivity index (χ0) is 23.9. The molecule has 2 heterocycles. The number of hydrogen-bond acceptors (Lipinski definition) is 2. The first kappa shape index (κ1) is 22.4. The van der Waals surface area contributed by atoms with Gasteiger partial charge in [0.2, 0.25) is 0 Å². The molecule has 0 bridgehead atoms. The fourth-order valence-corrected chi connectivity index (χ4v) is 4.18. The van der Waals surface area contributed by atoms with Crippen molar-refractivity contribution in [3.8, 4) is 0 Å². The summed E-state index contributed by atoms with van der Waals surface area (Å²) in [6.07, 6.45) is 1.84. The Morgan fingerprint density at radius 3 is 2.58 bits per heavy atom. The van der Waals surface area contributed by atoms with Crippen molar-refractivity contribution in [3.63, 3.8) is 0 Å². The molecule has 4 aromatic rings. The lowest BCUT2D eigenvalue weighted by Gasteiger charge is -2.14. The maximum Gasteiger partial charge on any atom is 0.326 e. The van der Waals surface area contributed by atoms with Crippen LogP contribution in [-0.4, -0.2) is 20.2 Å². The molecule has 0 radical (unpaired) electrons. The van der Waals surface area contributed by atoms with Gasteiger partial charge in [-0.2, -0.15) is 0 Å². The number of aliphatic carboxylic acids is 1. The number of rotatable bonds is 6. The minimum atomic E-state index is -1.02. The molecule has 33 heavy (non-hydrogen) atoms. The average Bonchev–Trinajstić information content (AvgIpc) is 3.03. The van der Waals surface area contributed by atoms with E-state index in [1.807, 2.05) is 0 Å². The minimum absolute atomic E-state index is 0.0411. The Morgan fingerprint density at radius 1 is 1.09 bits per heavy atom. The molecule has 0 aliphatic rings. The predicted octanol–water partition coefficient (Wildman–Crippen LogP) is 4.81. The van der Waals surface area contributed by atoms with E-state index in [0.29, 0.717) is 22.2 Å². The Kier molecular flexibility index (Phi) is 5.84. The van der Waals surface area contributed by atoms with Crippen molar-refractivity contribution in [2.45, 2.75) is 32.9 Å².